The van der Waals surface area contributed by atoms with Crippen LogP contribution < -0.4 is 4.74 Å². The summed E-state index contributed by atoms with van der Waals surface area (Å²) in [5.41, 5.74) is -0.733. The molecule has 32 heavy (non-hydrogen) atoms. The Labute approximate surface area is 189 Å². The summed E-state index contributed by atoms with van der Waals surface area (Å²) in [6.07, 6.45) is 12.1. The molecule has 2 nitrogen and oxygen atoms in total. The highest BCUT2D eigenvalue weighted by Gasteiger charge is 2.39. The molecule has 0 bridgehead atoms. The first-order valence-corrected chi connectivity index (χ1v) is 12.3. The smallest absolute Gasteiger partial charge is 0.416 e. The first-order chi connectivity index (χ1) is 15.3. The average Bonchev–Trinajstić information content (AvgIpc) is 2.79. The lowest BCUT2D eigenvalue weighted by atomic mass is 9.61. The number of rotatable bonds is 4. The van der Waals surface area contributed by atoms with Gasteiger partial charge in [0, 0.05) is 0 Å². The van der Waals surface area contributed by atoms with E-state index in [0.29, 0.717) is 5.92 Å². The van der Waals surface area contributed by atoms with Crippen LogP contribution in [-0.4, -0.2) is 5.97 Å². The third-order valence-electron chi connectivity index (χ3n) is 8.33. The highest BCUT2D eigenvalue weighted by molar-refractivity contribution is 5.75. The van der Waals surface area contributed by atoms with E-state index in [1.165, 1.54) is 50.7 Å². The Morgan fingerprint density at radius 2 is 1.41 bits per heavy atom. The van der Waals surface area contributed by atoms with Crippen LogP contribution in [0, 0.1) is 35.5 Å². The normalized spacial score (nSPS) is 33.6. The molecule has 3 aliphatic carbocycles. The van der Waals surface area contributed by atoms with Gasteiger partial charge in [0.1, 0.15) is 5.75 Å². The Morgan fingerprint density at radius 3 is 2.03 bits per heavy atom. The number of fused-ring (bicyclic) bond motifs is 1. The van der Waals surface area contributed by atoms with E-state index in [0.717, 1.165) is 61.5 Å². The Bertz CT molecular complexity index is 790. The lowest BCUT2D eigenvalue weighted by Crippen LogP contribution is -2.35. The zero-order chi connectivity index (χ0) is 22.7. The second kappa shape index (κ2) is 10.0. The number of esters is 1. The molecule has 4 rings (SSSR count). The molecule has 0 amide bonds. The van der Waals surface area contributed by atoms with Gasteiger partial charge in [-0.05, 0) is 125 Å². The molecular weight excluding hydrogens is 413 g/mol. The Balaban J connectivity index is 1.23. The predicted octanol–water partition coefficient (Wildman–Crippen LogP) is 7.83. The van der Waals surface area contributed by atoms with Crippen molar-refractivity contribution in [2.75, 3.05) is 0 Å². The number of benzene rings is 1. The van der Waals surface area contributed by atoms with Crippen LogP contribution in [-0.2, 0) is 11.0 Å². The summed E-state index contributed by atoms with van der Waals surface area (Å²) in [7, 11) is 0. The fraction of sp³-hybridized carbons (Fsp3) is 0.667. The summed E-state index contributed by atoms with van der Waals surface area (Å²) in [5, 5.41) is 0. The van der Waals surface area contributed by atoms with Gasteiger partial charge in [-0.1, -0.05) is 12.2 Å². The van der Waals surface area contributed by atoms with Gasteiger partial charge in [-0.3, -0.25) is 4.79 Å². The summed E-state index contributed by atoms with van der Waals surface area (Å²) in [6, 6.07) is 4.38. The third-order valence-corrected chi connectivity index (χ3v) is 8.33. The largest absolute Gasteiger partial charge is 0.426 e. The van der Waals surface area contributed by atoms with Crippen molar-refractivity contribution >= 4 is 5.97 Å². The lowest BCUT2D eigenvalue weighted by molar-refractivity contribution is -0.140. The summed E-state index contributed by atoms with van der Waals surface area (Å²) in [6.45, 7) is 2.12. The van der Waals surface area contributed by atoms with Crippen molar-refractivity contribution in [1.82, 2.24) is 0 Å². The van der Waals surface area contributed by atoms with Gasteiger partial charge in [-0.25, -0.2) is 0 Å². The van der Waals surface area contributed by atoms with Gasteiger partial charge in [0.25, 0.3) is 0 Å². The highest BCUT2D eigenvalue weighted by Crippen LogP contribution is 2.49. The van der Waals surface area contributed by atoms with Crippen molar-refractivity contribution in [2.24, 2.45) is 35.5 Å². The number of hydrogen-bond acceptors (Lipinski definition) is 2. The van der Waals surface area contributed by atoms with E-state index in [-0.39, 0.29) is 17.6 Å². The van der Waals surface area contributed by atoms with Gasteiger partial charge >= 0.3 is 12.1 Å². The molecule has 0 heterocycles. The average molecular weight is 449 g/mol. The van der Waals surface area contributed by atoms with Crippen LogP contribution in [0.2, 0.25) is 0 Å². The molecule has 0 saturated heterocycles. The van der Waals surface area contributed by atoms with Crippen LogP contribution in [0.5, 0.6) is 5.75 Å². The molecular formula is C27H35F3O2. The van der Waals surface area contributed by atoms with Crippen molar-refractivity contribution in [3.05, 3.63) is 42.0 Å². The van der Waals surface area contributed by atoms with E-state index >= 15 is 0 Å². The number of carbonyl (C=O) groups excluding carboxylic acids is 1. The minimum Gasteiger partial charge on any atom is -0.426 e. The molecule has 0 N–H and O–H groups in total. The number of halogens is 3. The monoisotopic (exact) mass is 448 g/mol. The standard InChI is InChI=1S/C27H35F3O2/c1-2-3-18-4-5-23-17-22(11-10-21(23)16-18)19-6-8-20(9-7-19)26(31)32-25-14-12-24(13-15-25)27(28,29)30/h2-3,12-15,18-23H,4-11,16-17H2,1H3/b3-2+. The Kier molecular flexibility index (Phi) is 7.31. The number of alkyl halides is 3. The minimum atomic E-state index is -4.38. The van der Waals surface area contributed by atoms with Gasteiger partial charge in [-0.2, -0.15) is 13.2 Å². The zero-order valence-electron chi connectivity index (χ0n) is 18.9. The maximum atomic E-state index is 12.7. The first-order valence-electron chi connectivity index (χ1n) is 12.3. The summed E-state index contributed by atoms with van der Waals surface area (Å²) in [5.74, 6) is 3.82. The Hall–Kier alpha value is -1.78. The lowest BCUT2D eigenvalue weighted by Gasteiger charge is -2.45. The van der Waals surface area contributed by atoms with Crippen LogP contribution in [0.4, 0.5) is 13.2 Å². The Morgan fingerprint density at radius 1 is 0.844 bits per heavy atom. The highest BCUT2D eigenvalue weighted by atomic mass is 19.4. The van der Waals surface area contributed by atoms with E-state index in [4.69, 9.17) is 4.74 Å². The van der Waals surface area contributed by atoms with Crippen molar-refractivity contribution in [1.29, 1.82) is 0 Å². The molecule has 4 unspecified atom stereocenters. The molecule has 0 radical (unpaired) electrons. The summed E-state index contributed by atoms with van der Waals surface area (Å²) >= 11 is 0. The minimum absolute atomic E-state index is 0.138. The number of ether oxygens (including phenoxy) is 1. The number of carbonyl (C=O) groups is 1. The maximum absolute atomic E-state index is 12.7. The number of allylic oxidation sites excluding steroid dienone is 2. The van der Waals surface area contributed by atoms with Crippen molar-refractivity contribution in [3.63, 3.8) is 0 Å². The molecule has 0 spiro atoms. The summed E-state index contributed by atoms with van der Waals surface area (Å²) in [4.78, 5) is 12.6. The van der Waals surface area contributed by atoms with Crippen LogP contribution in [0.1, 0.15) is 76.7 Å². The van der Waals surface area contributed by atoms with E-state index < -0.39 is 11.7 Å². The van der Waals surface area contributed by atoms with Crippen molar-refractivity contribution in [3.8, 4) is 5.75 Å². The second-order valence-corrected chi connectivity index (χ2v) is 10.2. The van der Waals surface area contributed by atoms with Crippen LogP contribution >= 0.6 is 0 Å². The molecule has 1 aromatic rings. The fourth-order valence-corrected chi connectivity index (χ4v) is 6.57. The van der Waals surface area contributed by atoms with Gasteiger partial charge in [0.15, 0.2) is 0 Å². The van der Waals surface area contributed by atoms with Gasteiger partial charge in [-0.15, -0.1) is 0 Å². The SMILES string of the molecule is C/C=C/C1CCC2CC(C3CCC(C(=O)Oc4ccc(C(F)(F)F)cc4)CC3)CCC2C1. The van der Waals surface area contributed by atoms with E-state index in [2.05, 4.69) is 19.1 Å². The van der Waals surface area contributed by atoms with Crippen LogP contribution in [0.3, 0.4) is 0 Å². The van der Waals surface area contributed by atoms with Crippen LogP contribution in [0.25, 0.3) is 0 Å². The fourth-order valence-electron chi connectivity index (χ4n) is 6.57. The molecule has 1 aromatic carbocycles. The first kappa shape index (κ1) is 23.4. The van der Waals surface area contributed by atoms with Crippen molar-refractivity contribution < 1.29 is 22.7 Å². The summed E-state index contributed by atoms with van der Waals surface area (Å²) < 4.78 is 43.5. The van der Waals surface area contributed by atoms with E-state index in [1.807, 2.05) is 0 Å². The van der Waals surface area contributed by atoms with E-state index in [9.17, 15) is 18.0 Å². The van der Waals surface area contributed by atoms with Crippen LogP contribution in [0.15, 0.2) is 36.4 Å². The molecule has 4 atom stereocenters. The molecule has 3 saturated carbocycles. The quantitative estimate of drug-likeness (QED) is 0.267. The molecule has 3 aliphatic rings. The number of hydrogen-bond donors (Lipinski definition) is 0. The topological polar surface area (TPSA) is 26.3 Å². The second-order valence-electron chi connectivity index (χ2n) is 10.2. The molecule has 5 heteroatoms. The predicted molar refractivity (Wildman–Crippen MR) is 119 cm³/mol. The zero-order valence-corrected chi connectivity index (χ0v) is 18.9. The maximum Gasteiger partial charge on any atom is 0.416 e. The van der Waals surface area contributed by atoms with Crippen molar-refractivity contribution in [2.45, 2.75) is 77.3 Å². The molecule has 0 aliphatic heterocycles. The third kappa shape index (κ3) is 5.58. The van der Waals surface area contributed by atoms with Gasteiger partial charge in [0.05, 0.1) is 11.5 Å². The molecule has 0 aromatic heterocycles. The molecule has 3 fully saturated rings. The van der Waals surface area contributed by atoms with E-state index in [1.54, 1.807) is 0 Å². The van der Waals surface area contributed by atoms with Gasteiger partial charge in [0.2, 0.25) is 0 Å². The molecule has 176 valence electrons. The van der Waals surface area contributed by atoms with Gasteiger partial charge < -0.3 is 4.74 Å².